The monoisotopic (exact) mass is 602 g/mol. The summed E-state index contributed by atoms with van der Waals surface area (Å²) >= 11 is 1.61. The molecule has 228 valence electrons. The fourth-order valence-corrected chi connectivity index (χ4v) is 9.85. The molecule has 3 aliphatic rings. The Morgan fingerprint density at radius 2 is 1.93 bits per heavy atom. The number of carbonyl (C=O) groups excluding carboxylic acids is 3. The van der Waals surface area contributed by atoms with Gasteiger partial charge in [0.25, 0.3) is 5.91 Å². The first-order valence-corrected chi connectivity index (χ1v) is 16.0. The van der Waals surface area contributed by atoms with E-state index in [0.717, 1.165) is 28.8 Å². The number of anilines is 1. The van der Waals surface area contributed by atoms with Gasteiger partial charge in [0, 0.05) is 17.5 Å². The summed E-state index contributed by atoms with van der Waals surface area (Å²) in [5.74, 6) is -2.26. The number of aryl methyl sites for hydroxylation is 2. The van der Waals surface area contributed by atoms with E-state index in [0.29, 0.717) is 12.8 Å². The number of likely N-dealkylation sites (tertiary alicyclic amines) is 1. The van der Waals surface area contributed by atoms with Crippen molar-refractivity contribution in [3.05, 3.63) is 90.5 Å². The zero-order valence-electron chi connectivity index (χ0n) is 25.3. The molecule has 7 atom stereocenters. The Morgan fingerprint density at radius 3 is 2.60 bits per heavy atom. The number of hydrogen-bond acceptors (Lipinski definition) is 6. The molecular weight excluding hydrogens is 560 g/mol. The predicted molar refractivity (Wildman–Crippen MR) is 171 cm³/mol. The highest BCUT2D eigenvalue weighted by Crippen LogP contribution is 2.69. The van der Waals surface area contributed by atoms with Crippen LogP contribution in [0, 0.1) is 31.6 Å². The molecule has 1 N–H and O–H groups in total. The number of esters is 1. The number of carbonyl (C=O) groups is 3. The molecule has 8 heteroatoms. The number of nitrogens with zero attached hydrogens (tertiary/aromatic N) is 2. The molecule has 2 aromatic rings. The van der Waals surface area contributed by atoms with Crippen LogP contribution in [-0.4, -0.2) is 63.6 Å². The van der Waals surface area contributed by atoms with Crippen molar-refractivity contribution in [3.8, 4) is 0 Å². The van der Waals surface area contributed by atoms with Crippen molar-refractivity contribution in [2.24, 2.45) is 17.8 Å². The molecule has 2 amide bonds. The molecule has 5 rings (SSSR count). The number of rotatable bonds is 12. The number of benzene rings is 2. The molecule has 3 unspecified atom stereocenters. The number of thioether (sulfide) groups is 1. The zero-order chi connectivity index (χ0) is 30.9. The number of aliphatic hydroxyl groups excluding tert-OH is 1. The maximum Gasteiger partial charge on any atom is 0.310 e. The van der Waals surface area contributed by atoms with Crippen molar-refractivity contribution in [2.75, 3.05) is 24.7 Å². The number of amides is 2. The fourth-order valence-electron chi connectivity index (χ4n) is 7.46. The van der Waals surface area contributed by atoms with Gasteiger partial charge in [0.2, 0.25) is 5.91 Å². The molecule has 0 aromatic heterocycles. The van der Waals surface area contributed by atoms with Gasteiger partial charge in [0.1, 0.15) is 6.04 Å². The highest BCUT2D eigenvalue weighted by molar-refractivity contribution is 8.02. The Balaban J connectivity index is 1.63. The fraction of sp³-hybridized carbons (Fsp3) is 0.457. The van der Waals surface area contributed by atoms with Crippen molar-refractivity contribution < 1.29 is 24.2 Å². The van der Waals surface area contributed by atoms with Gasteiger partial charge in [-0.3, -0.25) is 14.4 Å². The van der Waals surface area contributed by atoms with Crippen molar-refractivity contribution >= 4 is 35.2 Å². The van der Waals surface area contributed by atoms with Gasteiger partial charge >= 0.3 is 5.97 Å². The van der Waals surface area contributed by atoms with Crippen LogP contribution in [0.2, 0.25) is 0 Å². The number of aliphatic hydroxyl groups is 1. The van der Waals surface area contributed by atoms with Crippen LogP contribution in [0.3, 0.4) is 0 Å². The highest BCUT2D eigenvalue weighted by atomic mass is 32.2. The van der Waals surface area contributed by atoms with Crippen molar-refractivity contribution in [3.63, 3.8) is 0 Å². The molecule has 3 aliphatic heterocycles. The van der Waals surface area contributed by atoms with Crippen LogP contribution in [0.25, 0.3) is 0 Å². The molecule has 3 fully saturated rings. The van der Waals surface area contributed by atoms with Gasteiger partial charge in [-0.1, -0.05) is 61.5 Å². The van der Waals surface area contributed by atoms with Crippen LogP contribution in [0.4, 0.5) is 5.69 Å². The second kappa shape index (κ2) is 12.7. The average molecular weight is 603 g/mol. The lowest BCUT2D eigenvalue weighted by Gasteiger charge is -2.42. The second-order valence-electron chi connectivity index (χ2n) is 12.0. The van der Waals surface area contributed by atoms with Crippen LogP contribution >= 0.6 is 11.8 Å². The summed E-state index contributed by atoms with van der Waals surface area (Å²) in [6.07, 6.45) is 5.59. The third-order valence-corrected chi connectivity index (χ3v) is 11.5. The minimum absolute atomic E-state index is 0.0143. The molecule has 43 heavy (non-hydrogen) atoms. The first-order chi connectivity index (χ1) is 20.7. The highest BCUT2D eigenvalue weighted by Gasteiger charge is 2.77. The molecule has 2 bridgehead atoms. The molecule has 7 nitrogen and oxygen atoms in total. The lowest BCUT2D eigenvalue weighted by molar-refractivity contribution is -0.155. The Bertz CT molecular complexity index is 1400. The quantitative estimate of drug-likeness (QED) is 0.199. The van der Waals surface area contributed by atoms with Gasteiger partial charge in [-0.15, -0.1) is 24.9 Å². The summed E-state index contributed by atoms with van der Waals surface area (Å²) in [5.41, 5.74) is 3.45. The number of hydrogen-bond donors (Lipinski definition) is 1. The molecule has 0 radical (unpaired) electrons. The second-order valence-corrected chi connectivity index (χ2v) is 13.6. The van der Waals surface area contributed by atoms with Crippen molar-refractivity contribution in [1.29, 1.82) is 0 Å². The Morgan fingerprint density at radius 1 is 1.19 bits per heavy atom. The van der Waals surface area contributed by atoms with Crippen LogP contribution in [0.1, 0.15) is 48.9 Å². The van der Waals surface area contributed by atoms with Crippen molar-refractivity contribution in [1.82, 2.24) is 4.90 Å². The molecule has 0 saturated carbocycles. The minimum Gasteiger partial charge on any atom is -0.465 e. The van der Waals surface area contributed by atoms with E-state index in [4.69, 9.17) is 4.74 Å². The van der Waals surface area contributed by atoms with E-state index in [9.17, 15) is 14.7 Å². The molecule has 3 heterocycles. The summed E-state index contributed by atoms with van der Waals surface area (Å²) in [6, 6.07) is 13.7. The van der Waals surface area contributed by atoms with E-state index in [-0.39, 0.29) is 48.7 Å². The topological polar surface area (TPSA) is 87.1 Å². The number of fused-ring (bicyclic) bond motifs is 1. The Labute approximate surface area is 259 Å². The Hall–Kier alpha value is -3.36. The summed E-state index contributed by atoms with van der Waals surface area (Å²) in [7, 11) is 0. The summed E-state index contributed by atoms with van der Waals surface area (Å²) < 4.78 is 4.88. The molecular formula is C35H42N2O5S. The van der Waals surface area contributed by atoms with E-state index in [1.165, 1.54) is 0 Å². The normalized spacial score (nSPS) is 28.0. The summed E-state index contributed by atoms with van der Waals surface area (Å²) in [4.78, 5) is 46.7. The predicted octanol–water partition coefficient (Wildman–Crippen LogP) is 5.40. The van der Waals surface area contributed by atoms with Gasteiger partial charge in [0.15, 0.2) is 0 Å². The van der Waals surface area contributed by atoms with Gasteiger partial charge < -0.3 is 19.6 Å². The average Bonchev–Trinajstić information content (AvgIpc) is 3.60. The number of allylic oxidation sites excluding steroid dienone is 1. The minimum atomic E-state index is -0.897. The van der Waals surface area contributed by atoms with Crippen LogP contribution in [0.15, 0.2) is 73.8 Å². The smallest absolute Gasteiger partial charge is 0.310 e. The third-order valence-electron chi connectivity index (χ3n) is 9.41. The standard InChI is InChI=1S/C35H42N2O5S/c1-6-8-12-18-42-34(41)29-28-20-24(5)35(43-28)30(29)32(39)37(27(21-38)25-13-10-9-11-14-25)31(35)33(40)36(17-7-2)26-19-22(3)15-16-23(26)4/h6-7,9-11,13-16,19,24,27-31,38H,1-2,8,12,17-18,20-21H2,3-5H3/t24?,27-,28-,29+,30+,31?,35?/m1/s1. The number of unbranched alkanes of at least 4 members (excludes halogenated alkanes) is 1. The van der Waals surface area contributed by atoms with Crippen LogP contribution < -0.4 is 4.90 Å². The maximum atomic E-state index is 15.1. The van der Waals surface area contributed by atoms with Crippen LogP contribution in [-0.2, 0) is 19.1 Å². The van der Waals surface area contributed by atoms with E-state index in [2.05, 4.69) is 20.1 Å². The SMILES string of the molecule is C=CCCCOC(=O)[C@@H]1[C@H]2C(=O)N([C@H](CO)c3ccccc3)C(C(=O)N(CC=C)c3cc(C)ccc3C)C23S[C@@H]1CC3C. The summed E-state index contributed by atoms with van der Waals surface area (Å²) in [6.45, 7) is 13.9. The Kier molecular flexibility index (Phi) is 9.18. The molecule has 1 spiro atoms. The molecule has 2 aromatic carbocycles. The zero-order valence-corrected chi connectivity index (χ0v) is 26.1. The third kappa shape index (κ3) is 5.22. The largest absolute Gasteiger partial charge is 0.465 e. The first-order valence-electron chi connectivity index (χ1n) is 15.1. The summed E-state index contributed by atoms with van der Waals surface area (Å²) in [5, 5.41) is 10.7. The van der Waals surface area contributed by atoms with Gasteiger partial charge in [0.05, 0.1) is 35.8 Å². The van der Waals surface area contributed by atoms with Crippen LogP contribution in [0.5, 0.6) is 0 Å². The van der Waals surface area contributed by atoms with E-state index >= 15 is 4.79 Å². The van der Waals surface area contributed by atoms with Gasteiger partial charge in [-0.2, -0.15) is 0 Å². The van der Waals surface area contributed by atoms with Gasteiger partial charge in [-0.25, -0.2) is 0 Å². The molecule has 3 saturated heterocycles. The first kappa shape index (κ1) is 31.1. The van der Waals surface area contributed by atoms with E-state index in [1.807, 2.05) is 62.4 Å². The van der Waals surface area contributed by atoms with Gasteiger partial charge in [-0.05, 0) is 61.8 Å². The lowest BCUT2D eigenvalue weighted by atomic mass is 9.66. The maximum absolute atomic E-state index is 15.1. The van der Waals surface area contributed by atoms with E-state index < -0.39 is 28.7 Å². The van der Waals surface area contributed by atoms with E-state index in [1.54, 1.807) is 33.7 Å². The number of ether oxygens (including phenoxy) is 1. The van der Waals surface area contributed by atoms with Crippen molar-refractivity contribution in [2.45, 2.75) is 62.1 Å². The molecule has 0 aliphatic carbocycles. The lowest BCUT2D eigenvalue weighted by Crippen LogP contribution is -2.58.